The van der Waals surface area contributed by atoms with Gasteiger partial charge in [-0.3, -0.25) is 4.98 Å². The van der Waals surface area contributed by atoms with Crippen LogP contribution >= 0.6 is 0 Å². The van der Waals surface area contributed by atoms with E-state index in [0.29, 0.717) is 5.56 Å². The molecule has 1 aromatic carbocycles. The molecule has 0 bridgehead atoms. The van der Waals surface area contributed by atoms with Gasteiger partial charge in [0.05, 0.1) is 17.1 Å². The number of aromatic nitrogens is 2. The average Bonchev–Trinajstić information content (AvgIpc) is 3.44. The minimum Gasteiger partial charge on any atom is -0.456 e. The highest BCUT2D eigenvalue weighted by Gasteiger charge is 2.34. The number of pyridine rings is 1. The molecule has 3 aliphatic carbocycles. The number of fused-ring (bicyclic) bond motifs is 7. The summed E-state index contributed by atoms with van der Waals surface area (Å²) >= 11 is 0. The molecular formula is C31H25N3O. The molecule has 1 atom stereocenters. The fourth-order valence-corrected chi connectivity index (χ4v) is 6.26. The average molecular weight is 456 g/mol. The van der Waals surface area contributed by atoms with Gasteiger partial charge in [0.25, 0.3) is 0 Å². The predicted octanol–water partition coefficient (Wildman–Crippen LogP) is 6.98. The molecule has 3 aromatic heterocycles. The molecule has 4 nitrogen and oxygen atoms in total. The maximum atomic E-state index is 9.74. The second-order valence-electron chi connectivity index (χ2n) is 9.99. The van der Waals surface area contributed by atoms with E-state index in [2.05, 4.69) is 77.2 Å². The number of allylic oxidation sites excluding steroid dienone is 5. The lowest BCUT2D eigenvalue weighted by Crippen LogP contribution is -2.23. The number of nitrogens with zero attached hydrogens (tertiary/aromatic N) is 3. The summed E-state index contributed by atoms with van der Waals surface area (Å²) in [4.78, 5) is 4.35. The van der Waals surface area contributed by atoms with Crippen molar-refractivity contribution in [2.75, 3.05) is 0 Å². The molecule has 0 amide bonds. The van der Waals surface area contributed by atoms with Crippen molar-refractivity contribution >= 4 is 22.7 Å². The van der Waals surface area contributed by atoms with E-state index in [1.807, 2.05) is 12.3 Å². The highest BCUT2D eigenvalue weighted by molar-refractivity contribution is 6.01. The highest BCUT2D eigenvalue weighted by atomic mass is 16.3. The first-order valence-corrected chi connectivity index (χ1v) is 12.4. The molecule has 3 aliphatic rings. The number of furan rings is 1. The van der Waals surface area contributed by atoms with E-state index >= 15 is 0 Å². The van der Waals surface area contributed by atoms with E-state index in [0.717, 1.165) is 54.9 Å². The third kappa shape index (κ3) is 2.88. The third-order valence-corrected chi connectivity index (χ3v) is 7.90. The van der Waals surface area contributed by atoms with E-state index < -0.39 is 0 Å². The van der Waals surface area contributed by atoms with E-state index in [1.54, 1.807) is 6.20 Å². The minimum atomic E-state index is -0.309. The Labute approximate surface area is 204 Å². The van der Waals surface area contributed by atoms with Crippen molar-refractivity contribution in [3.05, 3.63) is 101 Å². The van der Waals surface area contributed by atoms with Crippen LogP contribution in [0.3, 0.4) is 0 Å². The first-order valence-electron chi connectivity index (χ1n) is 12.4. The molecule has 0 radical (unpaired) electrons. The van der Waals surface area contributed by atoms with Crippen LogP contribution in [0.4, 0.5) is 0 Å². The Morgan fingerprint density at radius 3 is 2.89 bits per heavy atom. The van der Waals surface area contributed by atoms with Crippen molar-refractivity contribution < 1.29 is 4.42 Å². The van der Waals surface area contributed by atoms with Crippen LogP contribution in [0.1, 0.15) is 53.5 Å². The molecule has 35 heavy (non-hydrogen) atoms. The van der Waals surface area contributed by atoms with Gasteiger partial charge in [-0.2, -0.15) is 5.26 Å². The minimum absolute atomic E-state index is 0.309. The van der Waals surface area contributed by atoms with Gasteiger partial charge in [0.1, 0.15) is 11.5 Å². The monoisotopic (exact) mass is 455 g/mol. The standard InChI is InChI=1S/C31H25N3O/c1-31(25-19-33-16-14-20(25)18-32)15-6-7-21(17-31)34-26-10-4-2-9-24(26)29-27(34)13-12-23-22-8-3-5-11-28(22)35-30(23)29/h2,4-7,9-11,14,16-17,19H,3,8,12-13,15H2,1H3. The molecule has 0 N–H and O–H groups in total. The largest absolute Gasteiger partial charge is 0.456 e. The SMILES string of the molecule is CC1(c2cnccc2C#N)C=C(n2c3c(c4ccccc42)-c2oc4c(c2CC3)CCC=C4)C=CC1. The van der Waals surface area contributed by atoms with Gasteiger partial charge < -0.3 is 8.98 Å². The van der Waals surface area contributed by atoms with E-state index in [-0.39, 0.29) is 5.41 Å². The lowest BCUT2D eigenvalue weighted by molar-refractivity contribution is 0.560. The molecule has 0 aliphatic heterocycles. The zero-order chi connectivity index (χ0) is 23.6. The molecule has 4 aromatic rings. The molecule has 0 saturated carbocycles. The van der Waals surface area contributed by atoms with Crippen LogP contribution in [0.2, 0.25) is 0 Å². The number of rotatable bonds is 2. The number of hydrogen-bond acceptors (Lipinski definition) is 3. The summed E-state index contributed by atoms with van der Waals surface area (Å²) in [6.45, 7) is 2.21. The lowest BCUT2D eigenvalue weighted by atomic mass is 9.75. The zero-order valence-electron chi connectivity index (χ0n) is 19.7. The van der Waals surface area contributed by atoms with Gasteiger partial charge in [0.2, 0.25) is 0 Å². The molecule has 1 unspecified atom stereocenters. The normalized spacial score (nSPS) is 20.2. The van der Waals surface area contributed by atoms with Gasteiger partial charge in [-0.05, 0) is 68.0 Å². The van der Waals surface area contributed by atoms with Crippen molar-refractivity contribution in [1.82, 2.24) is 9.55 Å². The molecule has 0 fully saturated rings. The molecule has 4 heteroatoms. The molecule has 0 saturated heterocycles. The van der Waals surface area contributed by atoms with Crippen molar-refractivity contribution in [3.8, 4) is 17.4 Å². The predicted molar refractivity (Wildman–Crippen MR) is 139 cm³/mol. The van der Waals surface area contributed by atoms with Crippen LogP contribution in [0.15, 0.2) is 71.4 Å². The number of para-hydroxylation sites is 1. The van der Waals surface area contributed by atoms with Gasteiger partial charge in [-0.25, -0.2) is 0 Å². The molecule has 3 heterocycles. The zero-order valence-corrected chi connectivity index (χ0v) is 19.7. The number of hydrogen-bond donors (Lipinski definition) is 0. The topological polar surface area (TPSA) is 54.8 Å². The number of benzene rings is 1. The first kappa shape index (κ1) is 20.3. The smallest absolute Gasteiger partial charge is 0.140 e. The Kier molecular flexibility index (Phi) is 4.32. The van der Waals surface area contributed by atoms with Gasteiger partial charge >= 0.3 is 0 Å². The lowest BCUT2D eigenvalue weighted by Gasteiger charge is -2.30. The fourth-order valence-electron chi connectivity index (χ4n) is 6.26. The summed E-state index contributed by atoms with van der Waals surface area (Å²) in [5.41, 5.74) is 9.03. The van der Waals surface area contributed by atoms with Crippen LogP contribution in [-0.2, 0) is 24.7 Å². The van der Waals surface area contributed by atoms with Crippen LogP contribution in [-0.4, -0.2) is 9.55 Å². The maximum Gasteiger partial charge on any atom is 0.140 e. The van der Waals surface area contributed by atoms with Crippen molar-refractivity contribution in [1.29, 1.82) is 5.26 Å². The van der Waals surface area contributed by atoms with Gasteiger partial charge in [-0.1, -0.05) is 37.3 Å². The van der Waals surface area contributed by atoms with Gasteiger partial charge in [0.15, 0.2) is 0 Å². The Balaban J connectivity index is 1.46. The van der Waals surface area contributed by atoms with Crippen LogP contribution in [0.25, 0.3) is 34.0 Å². The summed E-state index contributed by atoms with van der Waals surface area (Å²) in [7, 11) is 0. The van der Waals surface area contributed by atoms with Crippen molar-refractivity contribution in [2.45, 2.75) is 44.4 Å². The molecule has 170 valence electrons. The third-order valence-electron chi connectivity index (χ3n) is 7.90. The molecule has 7 rings (SSSR count). The van der Waals surface area contributed by atoms with Crippen LogP contribution in [0, 0.1) is 11.3 Å². The Bertz CT molecular complexity index is 1650. The Hall–Kier alpha value is -4.10. The molecular weight excluding hydrogens is 430 g/mol. The van der Waals surface area contributed by atoms with Crippen LogP contribution in [0.5, 0.6) is 0 Å². The Morgan fingerprint density at radius 2 is 1.97 bits per heavy atom. The van der Waals surface area contributed by atoms with Gasteiger partial charge in [0, 0.05) is 51.3 Å². The summed E-state index contributed by atoms with van der Waals surface area (Å²) in [6, 6.07) is 12.8. The Morgan fingerprint density at radius 1 is 1.06 bits per heavy atom. The summed E-state index contributed by atoms with van der Waals surface area (Å²) in [6.07, 6.45) is 19.6. The maximum absolute atomic E-state index is 9.74. The van der Waals surface area contributed by atoms with E-state index in [9.17, 15) is 5.26 Å². The van der Waals surface area contributed by atoms with Crippen molar-refractivity contribution in [3.63, 3.8) is 0 Å². The van der Waals surface area contributed by atoms with Crippen LogP contribution < -0.4 is 0 Å². The second-order valence-corrected chi connectivity index (χ2v) is 9.99. The summed E-state index contributed by atoms with van der Waals surface area (Å²) < 4.78 is 8.94. The number of nitriles is 1. The first-order chi connectivity index (χ1) is 17.2. The fraction of sp³-hybridized carbons (Fsp3) is 0.226. The second kappa shape index (κ2) is 7.45. The summed E-state index contributed by atoms with van der Waals surface area (Å²) in [5.74, 6) is 2.09. The summed E-state index contributed by atoms with van der Waals surface area (Å²) in [5, 5.41) is 11.0. The quantitative estimate of drug-likeness (QED) is 0.327. The van der Waals surface area contributed by atoms with E-state index in [4.69, 9.17) is 4.42 Å². The highest BCUT2D eigenvalue weighted by Crippen LogP contribution is 2.47. The van der Waals surface area contributed by atoms with Crippen molar-refractivity contribution in [2.24, 2.45) is 0 Å². The molecule has 0 spiro atoms. The van der Waals surface area contributed by atoms with Gasteiger partial charge in [-0.15, -0.1) is 0 Å². The van der Waals surface area contributed by atoms with E-state index in [1.165, 1.54) is 33.3 Å².